The molecule has 0 aromatic rings. The second-order valence-electron chi connectivity index (χ2n) is 5.88. The molecule has 0 atom stereocenters. The Kier molecular flexibility index (Phi) is 11.8. The van der Waals surface area contributed by atoms with Crippen molar-refractivity contribution in [1.82, 2.24) is 16.0 Å². The van der Waals surface area contributed by atoms with Gasteiger partial charge in [-0.2, -0.15) is 0 Å². The van der Waals surface area contributed by atoms with Gasteiger partial charge < -0.3 is 16.0 Å². The van der Waals surface area contributed by atoms with Gasteiger partial charge in [-0.15, -0.1) is 24.0 Å². The van der Waals surface area contributed by atoms with Crippen LogP contribution in [0.25, 0.3) is 0 Å². The fourth-order valence-corrected chi connectivity index (χ4v) is 2.40. The summed E-state index contributed by atoms with van der Waals surface area (Å²) < 4.78 is 0. The molecule has 0 radical (unpaired) electrons. The van der Waals surface area contributed by atoms with E-state index in [-0.39, 0.29) is 35.8 Å². The Morgan fingerprint density at radius 3 is 2.24 bits per heavy atom. The van der Waals surface area contributed by atoms with E-state index in [9.17, 15) is 4.79 Å². The molecule has 0 aliphatic heterocycles. The lowest BCUT2D eigenvalue weighted by Crippen LogP contribution is -2.42. The van der Waals surface area contributed by atoms with Crippen molar-refractivity contribution in [2.75, 3.05) is 26.7 Å². The highest BCUT2D eigenvalue weighted by atomic mass is 127. The number of nitrogens with zero attached hydrogens (tertiary/aromatic N) is 1. The van der Waals surface area contributed by atoms with Gasteiger partial charge >= 0.3 is 0 Å². The Balaban J connectivity index is 0.00000400. The van der Waals surface area contributed by atoms with Crippen LogP contribution < -0.4 is 16.0 Å². The van der Waals surface area contributed by atoms with Gasteiger partial charge in [-0.1, -0.05) is 26.7 Å². The zero-order chi connectivity index (χ0) is 14.8. The van der Waals surface area contributed by atoms with Crippen LogP contribution in [0.4, 0.5) is 0 Å². The monoisotopic (exact) mass is 410 g/mol. The number of halogens is 1. The first-order valence-electron chi connectivity index (χ1n) is 7.85. The van der Waals surface area contributed by atoms with Gasteiger partial charge in [-0.25, -0.2) is 0 Å². The molecule has 6 heteroatoms. The fraction of sp³-hybridized carbons (Fsp3) is 0.867. The minimum atomic E-state index is 0. The standard InChI is InChI=1S/C15H30N4O.HI/c1-12(2)8-9-18-15(16-3)19-11-10-17-14(20)13-6-4-5-7-13;/h12-13H,4-11H2,1-3H3,(H,17,20)(H2,16,18,19);1H. The van der Waals surface area contributed by atoms with E-state index in [1.807, 2.05) is 0 Å². The van der Waals surface area contributed by atoms with Gasteiger partial charge in [-0.3, -0.25) is 9.79 Å². The Morgan fingerprint density at radius 1 is 1.10 bits per heavy atom. The molecule has 1 fully saturated rings. The van der Waals surface area contributed by atoms with E-state index in [0.29, 0.717) is 19.0 Å². The number of hydrogen-bond acceptors (Lipinski definition) is 2. The molecule has 1 aliphatic carbocycles. The number of guanidine groups is 1. The molecule has 21 heavy (non-hydrogen) atoms. The largest absolute Gasteiger partial charge is 0.356 e. The molecule has 0 unspecified atom stereocenters. The molecule has 5 nitrogen and oxygen atoms in total. The third kappa shape index (κ3) is 9.16. The van der Waals surface area contributed by atoms with Crippen LogP contribution in [0.5, 0.6) is 0 Å². The summed E-state index contributed by atoms with van der Waals surface area (Å²) in [6, 6.07) is 0. The van der Waals surface area contributed by atoms with Crippen LogP contribution in [0.1, 0.15) is 46.0 Å². The van der Waals surface area contributed by atoms with E-state index in [1.165, 1.54) is 12.8 Å². The maximum absolute atomic E-state index is 11.8. The first kappa shape index (κ1) is 20.5. The lowest BCUT2D eigenvalue weighted by molar-refractivity contribution is -0.124. The van der Waals surface area contributed by atoms with Gasteiger partial charge in [0.05, 0.1) is 0 Å². The summed E-state index contributed by atoms with van der Waals surface area (Å²) >= 11 is 0. The van der Waals surface area contributed by atoms with Crippen molar-refractivity contribution in [3.05, 3.63) is 0 Å². The van der Waals surface area contributed by atoms with E-state index < -0.39 is 0 Å². The molecule has 0 heterocycles. The summed E-state index contributed by atoms with van der Waals surface area (Å²) in [6.45, 7) is 6.69. The van der Waals surface area contributed by atoms with Gasteiger partial charge in [0.2, 0.25) is 5.91 Å². The van der Waals surface area contributed by atoms with Crippen molar-refractivity contribution >= 4 is 35.8 Å². The van der Waals surface area contributed by atoms with E-state index in [1.54, 1.807) is 7.05 Å². The Hall–Kier alpha value is -0.530. The van der Waals surface area contributed by atoms with Crippen molar-refractivity contribution in [2.24, 2.45) is 16.8 Å². The summed E-state index contributed by atoms with van der Waals surface area (Å²) in [5.41, 5.74) is 0. The molecule has 0 aromatic heterocycles. The number of carbonyl (C=O) groups excluding carboxylic acids is 1. The van der Waals surface area contributed by atoms with Crippen molar-refractivity contribution in [3.8, 4) is 0 Å². The van der Waals surface area contributed by atoms with Gasteiger partial charge in [0.25, 0.3) is 0 Å². The fourth-order valence-electron chi connectivity index (χ4n) is 2.40. The van der Waals surface area contributed by atoms with Crippen molar-refractivity contribution < 1.29 is 4.79 Å². The maximum Gasteiger partial charge on any atom is 0.223 e. The normalized spacial score (nSPS) is 15.7. The smallest absolute Gasteiger partial charge is 0.223 e. The summed E-state index contributed by atoms with van der Waals surface area (Å²) in [5.74, 6) is 1.96. The van der Waals surface area contributed by atoms with Gasteiger partial charge in [0, 0.05) is 32.6 Å². The average molecular weight is 410 g/mol. The SMILES string of the molecule is CN=C(NCCNC(=O)C1CCCC1)NCCC(C)C.I. The zero-order valence-corrected chi connectivity index (χ0v) is 15.9. The second kappa shape index (κ2) is 12.1. The van der Waals surface area contributed by atoms with Crippen LogP contribution in [-0.2, 0) is 4.79 Å². The third-order valence-electron chi connectivity index (χ3n) is 3.68. The van der Waals surface area contributed by atoms with Crippen LogP contribution in [-0.4, -0.2) is 38.5 Å². The Morgan fingerprint density at radius 2 is 1.67 bits per heavy atom. The maximum atomic E-state index is 11.8. The molecule has 3 N–H and O–H groups in total. The van der Waals surface area contributed by atoms with Crippen LogP contribution in [0.2, 0.25) is 0 Å². The minimum Gasteiger partial charge on any atom is -0.356 e. The summed E-state index contributed by atoms with van der Waals surface area (Å²) in [5, 5.41) is 9.48. The average Bonchev–Trinajstić information content (AvgIpc) is 2.95. The highest BCUT2D eigenvalue weighted by Crippen LogP contribution is 2.24. The molecule has 0 aromatic carbocycles. The molecule has 1 amide bonds. The van der Waals surface area contributed by atoms with Crippen LogP contribution in [0.15, 0.2) is 4.99 Å². The van der Waals surface area contributed by atoms with Crippen molar-refractivity contribution in [1.29, 1.82) is 0 Å². The van der Waals surface area contributed by atoms with E-state index in [2.05, 4.69) is 34.8 Å². The summed E-state index contributed by atoms with van der Waals surface area (Å²) in [6.07, 6.45) is 5.62. The predicted molar refractivity (Wildman–Crippen MR) is 99.2 cm³/mol. The molecule has 0 saturated heterocycles. The number of hydrogen-bond donors (Lipinski definition) is 3. The number of rotatable bonds is 7. The molecule has 1 rings (SSSR count). The molecular formula is C15H31IN4O. The predicted octanol–water partition coefficient (Wildman–Crippen LogP) is 2.12. The highest BCUT2D eigenvalue weighted by Gasteiger charge is 2.21. The van der Waals surface area contributed by atoms with E-state index in [0.717, 1.165) is 31.8 Å². The van der Waals surface area contributed by atoms with E-state index >= 15 is 0 Å². The summed E-state index contributed by atoms with van der Waals surface area (Å²) in [7, 11) is 1.77. The van der Waals surface area contributed by atoms with Crippen LogP contribution in [0, 0.1) is 11.8 Å². The lowest BCUT2D eigenvalue weighted by Gasteiger charge is -2.14. The van der Waals surface area contributed by atoms with Gasteiger partial charge in [0.1, 0.15) is 0 Å². The van der Waals surface area contributed by atoms with Crippen LogP contribution >= 0.6 is 24.0 Å². The number of carbonyl (C=O) groups is 1. The molecule has 0 spiro atoms. The molecular weight excluding hydrogens is 379 g/mol. The zero-order valence-electron chi connectivity index (χ0n) is 13.6. The molecule has 1 saturated carbocycles. The Labute approximate surface area is 146 Å². The summed E-state index contributed by atoms with van der Waals surface area (Å²) in [4.78, 5) is 16.0. The number of nitrogens with one attached hydrogen (secondary N) is 3. The quantitative estimate of drug-likeness (QED) is 0.261. The van der Waals surface area contributed by atoms with Crippen molar-refractivity contribution in [2.45, 2.75) is 46.0 Å². The number of aliphatic imine (C=N–C) groups is 1. The topological polar surface area (TPSA) is 65.5 Å². The first-order valence-corrected chi connectivity index (χ1v) is 7.85. The highest BCUT2D eigenvalue weighted by molar-refractivity contribution is 14.0. The third-order valence-corrected chi connectivity index (χ3v) is 3.68. The molecule has 124 valence electrons. The second-order valence-corrected chi connectivity index (χ2v) is 5.88. The Bertz CT molecular complexity index is 315. The molecule has 1 aliphatic rings. The van der Waals surface area contributed by atoms with Gasteiger partial charge in [0.15, 0.2) is 5.96 Å². The van der Waals surface area contributed by atoms with Gasteiger partial charge in [-0.05, 0) is 25.2 Å². The first-order chi connectivity index (χ1) is 9.63. The van der Waals surface area contributed by atoms with Crippen LogP contribution in [0.3, 0.4) is 0 Å². The lowest BCUT2D eigenvalue weighted by atomic mass is 10.1. The molecule has 0 bridgehead atoms. The van der Waals surface area contributed by atoms with Crippen molar-refractivity contribution in [3.63, 3.8) is 0 Å². The number of amides is 1. The van der Waals surface area contributed by atoms with E-state index in [4.69, 9.17) is 0 Å². The minimum absolute atomic E-state index is 0.